The number of fused-ring (bicyclic) bond motifs is 7. The molecule has 0 atom stereocenters. The van der Waals surface area contributed by atoms with Gasteiger partial charge in [-0.3, -0.25) is 0 Å². The molecule has 0 fully saturated rings. The average molecular weight is 886 g/mol. The van der Waals surface area contributed by atoms with Crippen molar-refractivity contribution in [2.45, 2.75) is 27.7 Å². The van der Waals surface area contributed by atoms with E-state index in [1.165, 1.54) is 88.2 Å². The lowest BCUT2D eigenvalue weighted by molar-refractivity contribution is 1.17. The van der Waals surface area contributed by atoms with Crippen molar-refractivity contribution in [2.75, 3.05) is 9.80 Å². The van der Waals surface area contributed by atoms with Gasteiger partial charge in [0, 0.05) is 38.6 Å². The molecule has 0 spiro atoms. The van der Waals surface area contributed by atoms with E-state index in [9.17, 15) is 0 Å². The van der Waals surface area contributed by atoms with Crippen molar-refractivity contribution in [3.05, 3.63) is 259 Å². The highest BCUT2D eigenvalue weighted by Gasteiger charge is 2.27. The van der Waals surface area contributed by atoms with E-state index in [2.05, 4.69) is 279 Å². The van der Waals surface area contributed by atoms with Crippen LogP contribution in [0.5, 0.6) is 0 Å². The van der Waals surface area contributed by atoms with Crippen LogP contribution < -0.4 is 9.80 Å². The summed E-state index contributed by atoms with van der Waals surface area (Å²) in [5, 5.41) is 7.28. The van der Waals surface area contributed by atoms with E-state index in [4.69, 9.17) is 0 Å². The Morgan fingerprint density at radius 2 is 0.609 bits per heavy atom. The Morgan fingerprint density at radius 3 is 0.986 bits per heavy atom. The predicted molar refractivity (Wildman–Crippen MR) is 295 cm³/mol. The lowest BCUT2D eigenvalue weighted by Crippen LogP contribution is -2.14. The molecule has 0 amide bonds. The third-order valence-electron chi connectivity index (χ3n) is 14.0. The molecule has 0 bridgehead atoms. The Labute approximate surface area is 404 Å². The molecule has 3 heteroatoms. The zero-order valence-electron chi connectivity index (χ0n) is 39.4. The first-order chi connectivity index (χ1) is 33.9. The van der Waals surface area contributed by atoms with Gasteiger partial charge < -0.3 is 14.4 Å². The van der Waals surface area contributed by atoms with E-state index < -0.39 is 0 Å². The summed E-state index contributed by atoms with van der Waals surface area (Å²) in [4.78, 5) is 5.00. The smallest absolute Gasteiger partial charge is 0.0568 e. The number of hydrogen-bond donors (Lipinski definition) is 0. The van der Waals surface area contributed by atoms with Crippen LogP contribution in [-0.2, 0) is 0 Å². The SMILES string of the molecule is Cc1cccc(C)c1N(c1ccc(-c2ccccc2)cc1)c1cc2c(c3ccccc13)c1c3ccccc3c(N(c3ccc(-c4ccccc4)cc3)c3c(C)cccc3C)cc1n2-c1ccccc1. The van der Waals surface area contributed by atoms with Gasteiger partial charge in [0.25, 0.3) is 0 Å². The zero-order valence-corrected chi connectivity index (χ0v) is 39.4. The molecule has 69 heavy (non-hydrogen) atoms. The van der Waals surface area contributed by atoms with E-state index in [1.807, 2.05) is 0 Å². The molecular weight excluding hydrogens is 835 g/mol. The predicted octanol–water partition coefficient (Wildman–Crippen LogP) is 18.6. The van der Waals surface area contributed by atoms with Crippen LogP contribution in [0.2, 0.25) is 0 Å². The van der Waals surface area contributed by atoms with Crippen molar-refractivity contribution in [2.24, 2.45) is 0 Å². The molecule has 0 unspecified atom stereocenters. The summed E-state index contributed by atoms with van der Waals surface area (Å²) < 4.78 is 2.51. The fourth-order valence-corrected chi connectivity index (χ4v) is 10.9. The van der Waals surface area contributed by atoms with Crippen LogP contribution in [0, 0.1) is 27.7 Å². The fraction of sp³-hybridized carbons (Fsp3) is 0.0606. The molecule has 0 saturated carbocycles. The second-order valence-electron chi connectivity index (χ2n) is 18.3. The largest absolute Gasteiger partial charge is 0.309 e. The van der Waals surface area contributed by atoms with Gasteiger partial charge in [-0.15, -0.1) is 0 Å². The van der Waals surface area contributed by atoms with Gasteiger partial charge in [-0.2, -0.15) is 0 Å². The maximum Gasteiger partial charge on any atom is 0.0568 e. The molecule has 1 heterocycles. The summed E-state index contributed by atoms with van der Waals surface area (Å²) in [6, 6.07) is 86.7. The third kappa shape index (κ3) is 7.14. The van der Waals surface area contributed by atoms with Gasteiger partial charge in [-0.25, -0.2) is 0 Å². The molecule has 3 nitrogen and oxygen atoms in total. The number of aromatic nitrogens is 1. The first-order valence-electron chi connectivity index (χ1n) is 23.9. The van der Waals surface area contributed by atoms with Gasteiger partial charge in [0.05, 0.1) is 33.8 Å². The van der Waals surface area contributed by atoms with Crippen molar-refractivity contribution in [3.8, 4) is 27.9 Å². The minimum Gasteiger partial charge on any atom is -0.309 e. The average Bonchev–Trinajstić information content (AvgIpc) is 3.73. The van der Waals surface area contributed by atoms with E-state index in [1.54, 1.807) is 0 Å². The summed E-state index contributed by atoms with van der Waals surface area (Å²) in [6.45, 7) is 8.95. The van der Waals surface area contributed by atoms with Crippen LogP contribution in [0.4, 0.5) is 34.1 Å². The molecule has 0 aliphatic rings. The van der Waals surface area contributed by atoms with Crippen molar-refractivity contribution in [1.29, 1.82) is 0 Å². The van der Waals surface area contributed by atoms with Gasteiger partial charge in [0.1, 0.15) is 0 Å². The number of benzene rings is 11. The monoisotopic (exact) mass is 885 g/mol. The quantitative estimate of drug-likeness (QED) is 0.143. The lowest BCUT2D eigenvalue weighted by Gasteiger charge is -2.30. The van der Waals surface area contributed by atoms with Crippen LogP contribution in [0.15, 0.2) is 237 Å². The number of anilines is 6. The minimum atomic E-state index is 1.11. The molecule has 11 aromatic carbocycles. The summed E-state index contributed by atoms with van der Waals surface area (Å²) in [5.41, 5.74) is 19.9. The van der Waals surface area contributed by atoms with E-state index >= 15 is 0 Å². The molecular formula is C66H51N3. The van der Waals surface area contributed by atoms with Gasteiger partial charge in [0.2, 0.25) is 0 Å². The fourth-order valence-electron chi connectivity index (χ4n) is 10.9. The molecule has 330 valence electrons. The van der Waals surface area contributed by atoms with Crippen molar-refractivity contribution in [3.63, 3.8) is 0 Å². The number of para-hydroxylation sites is 3. The highest BCUT2D eigenvalue weighted by Crippen LogP contribution is 2.51. The van der Waals surface area contributed by atoms with Gasteiger partial charge >= 0.3 is 0 Å². The second kappa shape index (κ2) is 17.2. The summed E-state index contributed by atoms with van der Waals surface area (Å²) in [5.74, 6) is 0. The Balaban J connectivity index is 1.19. The van der Waals surface area contributed by atoms with Gasteiger partial charge in [-0.1, -0.05) is 188 Å². The number of hydrogen-bond acceptors (Lipinski definition) is 2. The van der Waals surface area contributed by atoms with Crippen LogP contribution in [-0.4, -0.2) is 4.57 Å². The molecule has 12 rings (SSSR count). The third-order valence-corrected chi connectivity index (χ3v) is 14.0. The Bertz CT molecular complexity index is 3580. The molecule has 0 N–H and O–H groups in total. The lowest BCUT2D eigenvalue weighted by atomic mass is 9.95. The molecule has 1 aromatic heterocycles. The van der Waals surface area contributed by atoms with Crippen molar-refractivity contribution < 1.29 is 0 Å². The topological polar surface area (TPSA) is 11.4 Å². The molecule has 0 radical (unpaired) electrons. The first-order valence-corrected chi connectivity index (χ1v) is 23.9. The number of nitrogens with zero attached hydrogens (tertiary/aromatic N) is 3. The Kier molecular flexibility index (Phi) is 10.4. The molecule has 0 aliphatic carbocycles. The summed E-state index contributed by atoms with van der Waals surface area (Å²) in [6.07, 6.45) is 0. The molecule has 12 aromatic rings. The van der Waals surface area contributed by atoms with E-state index in [-0.39, 0.29) is 0 Å². The second-order valence-corrected chi connectivity index (χ2v) is 18.3. The highest BCUT2D eigenvalue weighted by molar-refractivity contribution is 6.32. The Hall–Kier alpha value is -8.66. The van der Waals surface area contributed by atoms with Crippen molar-refractivity contribution in [1.82, 2.24) is 4.57 Å². The van der Waals surface area contributed by atoms with E-state index in [0.29, 0.717) is 0 Å². The highest BCUT2D eigenvalue weighted by atomic mass is 15.2. The Morgan fingerprint density at radius 1 is 0.290 bits per heavy atom. The summed E-state index contributed by atoms with van der Waals surface area (Å²) in [7, 11) is 0. The maximum atomic E-state index is 2.51. The zero-order chi connectivity index (χ0) is 46.6. The summed E-state index contributed by atoms with van der Waals surface area (Å²) >= 11 is 0. The van der Waals surface area contributed by atoms with Crippen LogP contribution >= 0.6 is 0 Å². The normalized spacial score (nSPS) is 11.5. The standard InChI is InChI=1S/C66H51N3/c1-44-20-18-21-45(2)65(44)68(53-38-34-50(35-39-53)48-24-8-5-9-25-48)59-42-61-63(57-32-16-14-30-55(57)59)64-58-33-17-15-31-56(58)60(43-62(64)67(61)52-28-12-7-13-29-52)69(66-46(3)22-19-23-47(66)4)54-40-36-51(37-41-54)49-26-10-6-11-27-49/h5-43H,1-4H3. The van der Waals surface area contributed by atoms with Crippen molar-refractivity contribution >= 4 is 77.5 Å². The van der Waals surface area contributed by atoms with E-state index in [0.717, 1.165) is 39.5 Å². The molecule has 0 aliphatic heterocycles. The van der Waals surface area contributed by atoms with Crippen LogP contribution in [0.3, 0.4) is 0 Å². The number of aryl methyl sites for hydroxylation is 4. The van der Waals surface area contributed by atoms with Crippen LogP contribution in [0.25, 0.3) is 71.3 Å². The van der Waals surface area contributed by atoms with Crippen LogP contribution in [0.1, 0.15) is 22.3 Å². The van der Waals surface area contributed by atoms with Gasteiger partial charge in [-0.05, 0) is 132 Å². The van der Waals surface area contributed by atoms with Gasteiger partial charge in [0.15, 0.2) is 0 Å². The maximum absolute atomic E-state index is 2.51. The minimum absolute atomic E-state index is 1.11. The molecule has 0 saturated heterocycles. The first kappa shape index (κ1) is 41.7. The number of rotatable bonds is 9.